The van der Waals surface area contributed by atoms with Gasteiger partial charge in [-0.25, -0.2) is 0 Å². The molecule has 1 aliphatic carbocycles. The molecule has 7 heteroatoms. The van der Waals surface area contributed by atoms with Gasteiger partial charge in [-0.1, -0.05) is 16.8 Å². The number of carbonyl (C=O) groups excluding carboxylic acids is 1. The van der Waals surface area contributed by atoms with Crippen LogP contribution >= 0.6 is 11.6 Å². The van der Waals surface area contributed by atoms with Crippen LogP contribution < -0.4 is 5.32 Å². The number of rotatable bonds is 5. The minimum absolute atomic E-state index is 0.162. The summed E-state index contributed by atoms with van der Waals surface area (Å²) in [6.45, 7) is 0. The van der Waals surface area contributed by atoms with Gasteiger partial charge in [-0.3, -0.25) is 4.79 Å². The van der Waals surface area contributed by atoms with Crippen molar-refractivity contribution in [3.8, 4) is 17.5 Å². The van der Waals surface area contributed by atoms with Crippen LogP contribution in [0.2, 0.25) is 5.02 Å². The van der Waals surface area contributed by atoms with Crippen molar-refractivity contribution in [2.24, 2.45) is 0 Å². The lowest BCUT2D eigenvalue weighted by Gasteiger charge is -2.21. The number of benzene rings is 1. The van der Waals surface area contributed by atoms with Crippen LogP contribution in [-0.4, -0.2) is 21.6 Å². The molecule has 0 aliphatic heterocycles. The topological polar surface area (TPSA) is 91.8 Å². The first kappa shape index (κ1) is 16.5. The largest absolute Gasteiger partial charge is 0.339 e. The van der Waals surface area contributed by atoms with E-state index < -0.39 is 5.54 Å². The Morgan fingerprint density at radius 3 is 2.71 bits per heavy atom. The average Bonchev–Trinajstić information content (AvgIpc) is 3.24. The molecule has 1 N–H and O–H groups in total. The van der Waals surface area contributed by atoms with Gasteiger partial charge in [0.2, 0.25) is 17.6 Å². The van der Waals surface area contributed by atoms with Crippen LogP contribution in [0.25, 0.3) is 11.4 Å². The van der Waals surface area contributed by atoms with Gasteiger partial charge in [-0.15, -0.1) is 0 Å². The number of aromatic nitrogens is 2. The Hall–Kier alpha value is -2.39. The average molecular weight is 345 g/mol. The quantitative estimate of drug-likeness (QED) is 0.898. The van der Waals surface area contributed by atoms with E-state index in [1.165, 1.54) is 0 Å². The molecule has 24 heavy (non-hydrogen) atoms. The third-order valence-electron chi connectivity index (χ3n) is 4.19. The Balaban J connectivity index is 1.56. The lowest BCUT2D eigenvalue weighted by molar-refractivity contribution is -0.122. The van der Waals surface area contributed by atoms with Crippen molar-refractivity contribution in [1.29, 1.82) is 5.26 Å². The highest BCUT2D eigenvalue weighted by Crippen LogP contribution is 2.29. The second-order valence-electron chi connectivity index (χ2n) is 5.97. The molecule has 1 saturated carbocycles. The molecule has 0 bridgehead atoms. The Morgan fingerprint density at radius 2 is 2.04 bits per heavy atom. The highest BCUT2D eigenvalue weighted by Gasteiger charge is 2.35. The summed E-state index contributed by atoms with van der Waals surface area (Å²) in [5.74, 6) is 0.698. The summed E-state index contributed by atoms with van der Waals surface area (Å²) in [5, 5.41) is 16.7. The van der Waals surface area contributed by atoms with Crippen LogP contribution in [0.5, 0.6) is 0 Å². The highest BCUT2D eigenvalue weighted by molar-refractivity contribution is 6.30. The second-order valence-corrected chi connectivity index (χ2v) is 6.40. The third kappa shape index (κ3) is 3.74. The first-order valence-electron chi connectivity index (χ1n) is 7.91. The molecule has 0 atom stereocenters. The number of aryl methyl sites for hydroxylation is 1. The van der Waals surface area contributed by atoms with Gasteiger partial charge in [0.1, 0.15) is 5.54 Å². The van der Waals surface area contributed by atoms with E-state index >= 15 is 0 Å². The molecule has 0 spiro atoms. The Bertz CT molecular complexity index is 758. The zero-order valence-corrected chi connectivity index (χ0v) is 13.8. The van der Waals surface area contributed by atoms with Crippen molar-refractivity contribution in [3.05, 3.63) is 35.2 Å². The van der Waals surface area contributed by atoms with E-state index in [1.807, 2.05) is 0 Å². The van der Waals surface area contributed by atoms with Crippen LogP contribution in [0.4, 0.5) is 0 Å². The van der Waals surface area contributed by atoms with Crippen molar-refractivity contribution in [1.82, 2.24) is 15.5 Å². The maximum absolute atomic E-state index is 12.1. The fourth-order valence-corrected chi connectivity index (χ4v) is 2.99. The zero-order valence-electron chi connectivity index (χ0n) is 13.1. The van der Waals surface area contributed by atoms with Gasteiger partial charge in [0.25, 0.3) is 0 Å². The molecular formula is C17H17ClN4O2. The number of nitrogens with one attached hydrogen (secondary N) is 1. The molecule has 1 fully saturated rings. The Kier molecular flexibility index (Phi) is 4.81. The minimum atomic E-state index is -0.694. The molecule has 1 aliphatic rings. The van der Waals surface area contributed by atoms with E-state index in [-0.39, 0.29) is 12.3 Å². The molecule has 1 amide bonds. The summed E-state index contributed by atoms with van der Waals surface area (Å²) < 4.78 is 5.18. The predicted octanol–water partition coefficient (Wildman–Crippen LogP) is 3.28. The number of hydrogen-bond acceptors (Lipinski definition) is 5. The number of amides is 1. The minimum Gasteiger partial charge on any atom is -0.339 e. The summed E-state index contributed by atoms with van der Waals surface area (Å²) in [5.41, 5.74) is 0.105. The molecular weight excluding hydrogens is 328 g/mol. The fourth-order valence-electron chi connectivity index (χ4n) is 2.87. The van der Waals surface area contributed by atoms with Gasteiger partial charge >= 0.3 is 0 Å². The van der Waals surface area contributed by atoms with E-state index in [0.29, 0.717) is 23.2 Å². The van der Waals surface area contributed by atoms with Gasteiger partial charge in [0.05, 0.1) is 6.07 Å². The van der Waals surface area contributed by atoms with Gasteiger partial charge in [-0.2, -0.15) is 10.2 Å². The van der Waals surface area contributed by atoms with E-state index in [1.54, 1.807) is 24.3 Å². The van der Waals surface area contributed by atoms with Gasteiger partial charge in [-0.05, 0) is 49.9 Å². The van der Waals surface area contributed by atoms with Crippen molar-refractivity contribution in [3.63, 3.8) is 0 Å². The van der Waals surface area contributed by atoms with Crippen LogP contribution in [0, 0.1) is 11.3 Å². The summed E-state index contributed by atoms with van der Waals surface area (Å²) in [4.78, 5) is 16.4. The lowest BCUT2D eigenvalue weighted by Crippen LogP contribution is -2.45. The van der Waals surface area contributed by atoms with Crippen LogP contribution in [0.1, 0.15) is 38.0 Å². The fraction of sp³-hybridized carbons (Fsp3) is 0.412. The highest BCUT2D eigenvalue weighted by atomic mass is 35.5. The summed E-state index contributed by atoms with van der Waals surface area (Å²) in [6.07, 6.45) is 3.94. The van der Waals surface area contributed by atoms with Gasteiger partial charge in [0, 0.05) is 23.4 Å². The summed E-state index contributed by atoms with van der Waals surface area (Å²) in [6, 6.07) is 9.36. The molecule has 3 rings (SSSR count). The lowest BCUT2D eigenvalue weighted by atomic mass is 9.99. The number of nitriles is 1. The SMILES string of the molecule is N#CC1(NC(=O)CCc2nc(-c3ccc(Cl)cc3)no2)CCCC1. The van der Waals surface area contributed by atoms with Crippen LogP contribution in [0.3, 0.4) is 0 Å². The summed E-state index contributed by atoms with van der Waals surface area (Å²) in [7, 11) is 0. The van der Waals surface area contributed by atoms with Gasteiger partial charge < -0.3 is 9.84 Å². The zero-order chi connectivity index (χ0) is 17.0. The molecule has 2 aromatic rings. The predicted molar refractivity (Wildman–Crippen MR) is 88.0 cm³/mol. The smallest absolute Gasteiger partial charge is 0.227 e. The van der Waals surface area contributed by atoms with Crippen molar-refractivity contribution in [2.75, 3.05) is 0 Å². The normalized spacial score (nSPS) is 15.8. The molecule has 6 nitrogen and oxygen atoms in total. The molecule has 124 valence electrons. The number of hydrogen-bond donors (Lipinski definition) is 1. The van der Waals surface area contributed by atoms with Crippen molar-refractivity contribution < 1.29 is 9.32 Å². The molecule has 0 radical (unpaired) electrons. The van der Waals surface area contributed by atoms with Gasteiger partial charge in [0.15, 0.2) is 0 Å². The monoisotopic (exact) mass is 344 g/mol. The maximum Gasteiger partial charge on any atom is 0.227 e. The Morgan fingerprint density at radius 1 is 1.33 bits per heavy atom. The van der Waals surface area contributed by atoms with Crippen LogP contribution in [-0.2, 0) is 11.2 Å². The van der Waals surface area contributed by atoms with E-state index in [9.17, 15) is 10.1 Å². The first-order chi connectivity index (χ1) is 11.6. The summed E-state index contributed by atoms with van der Waals surface area (Å²) >= 11 is 5.85. The number of nitrogens with zero attached hydrogens (tertiary/aromatic N) is 3. The molecule has 1 aromatic heterocycles. The van der Waals surface area contributed by atoms with Crippen molar-refractivity contribution >= 4 is 17.5 Å². The van der Waals surface area contributed by atoms with E-state index in [4.69, 9.17) is 16.1 Å². The van der Waals surface area contributed by atoms with E-state index in [2.05, 4.69) is 21.5 Å². The second kappa shape index (κ2) is 7.02. The molecule has 1 heterocycles. The number of carbonyl (C=O) groups is 1. The Labute approximate surface area is 144 Å². The van der Waals surface area contributed by atoms with Crippen molar-refractivity contribution in [2.45, 2.75) is 44.1 Å². The standard InChI is InChI=1S/C17H17ClN4O2/c18-13-5-3-12(4-6-13)16-20-15(24-22-16)8-7-14(23)21-17(11-19)9-1-2-10-17/h3-6H,1-2,7-10H2,(H,21,23). The molecule has 1 aromatic carbocycles. The number of halogens is 1. The molecule has 0 unspecified atom stereocenters. The third-order valence-corrected chi connectivity index (χ3v) is 4.44. The molecule has 0 saturated heterocycles. The van der Waals surface area contributed by atoms with Crippen LogP contribution in [0.15, 0.2) is 28.8 Å². The van der Waals surface area contributed by atoms with E-state index in [0.717, 1.165) is 31.2 Å². The first-order valence-corrected chi connectivity index (χ1v) is 8.29. The maximum atomic E-state index is 12.1.